The van der Waals surface area contributed by atoms with E-state index in [0.717, 1.165) is 11.8 Å². The summed E-state index contributed by atoms with van der Waals surface area (Å²) in [5.74, 6) is 0. The topological polar surface area (TPSA) is 43.8 Å². The van der Waals surface area contributed by atoms with E-state index in [1.807, 2.05) is 0 Å². The first-order valence-corrected chi connectivity index (χ1v) is 5.89. The molecule has 2 rings (SSSR count). The van der Waals surface area contributed by atoms with E-state index in [1.165, 1.54) is 18.5 Å². The molecule has 0 fully saturated rings. The van der Waals surface area contributed by atoms with Crippen molar-refractivity contribution in [1.29, 1.82) is 0 Å². The van der Waals surface area contributed by atoms with Crippen LogP contribution in [0.1, 0.15) is 11.3 Å². The van der Waals surface area contributed by atoms with E-state index in [-0.39, 0.29) is 5.02 Å². The van der Waals surface area contributed by atoms with Crippen molar-refractivity contribution < 1.29 is 13.2 Å². The molecule has 2 aromatic rings. The molecule has 0 atom stereocenters. The van der Waals surface area contributed by atoms with Gasteiger partial charge in [-0.15, -0.1) is 0 Å². The number of nitrogens with zero attached hydrogens (tertiary/aromatic N) is 2. The van der Waals surface area contributed by atoms with Crippen molar-refractivity contribution in [2.75, 3.05) is 6.54 Å². The Bertz CT molecular complexity index is 578. The van der Waals surface area contributed by atoms with Gasteiger partial charge in [-0.1, -0.05) is 11.6 Å². The minimum Gasteiger partial charge on any atom is -0.330 e. The lowest BCUT2D eigenvalue weighted by Crippen LogP contribution is -2.10. The van der Waals surface area contributed by atoms with E-state index in [4.69, 9.17) is 17.3 Å². The van der Waals surface area contributed by atoms with Crippen molar-refractivity contribution in [3.63, 3.8) is 0 Å². The second kappa shape index (κ2) is 5.22. The first kappa shape index (κ1) is 13.9. The van der Waals surface area contributed by atoms with Crippen LogP contribution in [-0.2, 0) is 12.6 Å². The molecule has 0 bridgehead atoms. The first-order valence-electron chi connectivity index (χ1n) is 5.52. The molecule has 19 heavy (non-hydrogen) atoms. The van der Waals surface area contributed by atoms with Crippen LogP contribution in [0.2, 0.25) is 5.02 Å². The van der Waals surface area contributed by atoms with Gasteiger partial charge >= 0.3 is 6.18 Å². The minimum absolute atomic E-state index is 0.322. The van der Waals surface area contributed by atoms with Gasteiger partial charge in [-0.25, -0.2) is 4.98 Å². The zero-order chi connectivity index (χ0) is 14.0. The molecule has 0 radical (unpaired) electrons. The highest BCUT2D eigenvalue weighted by atomic mass is 35.5. The van der Waals surface area contributed by atoms with E-state index in [1.54, 1.807) is 10.8 Å². The van der Waals surface area contributed by atoms with E-state index in [2.05, 4.69) is 4.98 Å². The van der Waals surface area contributed by atoms with Gasteiger partial charge in [0.2, 0.25) is 0 Å². The highest BCUT2D eigenvalue weighted by Crippen LogP contribution is 2.35. The molecule has 0 saturated heterocycles. The Balaban J connectivity index is 2.49. The molecule has 0 unspecified atom stereocenters. The summed E-state index contributed by atoms with van der Waals surface area (Å²) in [5.41, 5.74) is 5.69. The Morgan fingerprint density at radius 3 is 2.68 bits per heavy atom. The second-order valence-electron chi connectivity index (χ2n) is 3.96. The standard InChI is InChI=1S/C12H11ClF3N3/c13-11-2-1-8(5-10(11)12(14,15)16)19-7-18-6-9(19)3-4-17/h1-2,5-7H,3-4,17H2. The van der Waals surface area contributed by atoms with Crippen molar-refractivity contribution >= 4 is 11.6 Å². The molecule has 3 nitrogen and oxygen atoms in total. The van der Waals surface area contributed by atoms with Crippen molar-refractivity contribution in [1.82, 2.24) is 9.55 Å². The van der Waals surface area contributed by atoms with Crippen LogP contribution in [0.15, 0.2) is 30.7 Å². The molecule has 102 valence electrons. The zero-order valence-corrected chi connectivity index (χ0v) is 10.5. The van der Waals surface area contributed by atoms with Crippen LogP contribution in [0.25, 0.3) is 5.69 Å². The summed E-state index contributed by atoms with van der Waals surface area (Å²) < 4.78 is 39.9. The third kappa shape index (κ3) is 2.90. The summed E-state index contributed by atoms with van der Waals surface area (Å²) in [4.78, 5) is 3.92. The van der Waals surface area contributed by atoms with E-state index >= 15 is 0 Å². The third-order valence-corrected chi connectivity index (χ3v) is 2.98. The van der Waals surface area contributed by atoms with Gasteiger partial charge in [0.15, 0.2) is 0 Å². The molecule has 0 amide bonds. The number of aromatic nitrogens is 2. The molecule has 1 aromatic heterocycles. The summed E-state index contributed by atoms with van der Waals surface area (Å²) in [6, 6.07) is 3.75. The van der Waals surface area contributed by atoms with Gasteiger partial charge in [0.1, 0.15) is 0 Å². The normalized spacial score (nSPS) is 11.8. The van der Waals surface area contributed by atoms with Gasteiger partial charge in [0, 0.05) is 24.0 Å². The molecule has 0 aliphatic rings. The predicted octanol–water partition coefficient (Wildman–Crippen LogP) is 3.05. The maximum absolute atomic E-state index is 12.8. The van der Waals surface area contributed by atoms with Crippen LogP contribution in [0.5, 0.6) is 0 Å². The van der Waals surface area contributed by atoms with Crippen LogP contribution >= 0.6 is 11.6 Å². The van der Waals surface area contributed by atoms with Crippen molar-refractivity contribution in [3.05, 3.63) is 47.0 Å². The maximum Gasteiger partial charge on any atom is 0.417 e. The molecule has 1 aromatic carbocycles. The van der Waals surface area contributed by atoms with Gasteiger partial charge in [-0.3, -0.25) is 0 Å². The van der Waals surface area contributed by atoms with E-state index in [9.17, 15) is 13.2 Å². The largest absolute Gasteiger partial charge is 0.417 e. The third-order valence-electron chi connectivity index (χ3n) is 2.65. The maximum atomic E-state index is 12.8. The summed E-state index contributed by atoms with van der Waals surface area (Å²) >= 11 is 5.58. The number of alkyl halides is 3. The lowest BCUT2D eigenvalue weighted by atomic mass is 10.2. The Kier molecular flexibility index (Phi) is 3.82. The lowest BCUT2D eigenvalue weighted by Gasteiger charge is -2.13. The number of hydrogen-bond acceptors (Lipinski definition) is 2. The van der Waals surface area contributed by atoms with Gasteiger partial charge in [-0.2, -0.15) is 13.2 Å². The second-order valence-corrected chi connectivity index (χ2v) is 4.36. The fourth-order valence-electron chi connectivity index (χ4n) is 1.77. The fraction of sp³-hybridized carbons (Fsp3) is 0.250. The minimum atomic E-state index is -4.48. The van der Waals surface area contributed by atoms with Crippen LogP contribution in [0.3, 0.4) is 0 Å². The summed E-state index contributed by atoms with van der Waals surface area (Å²) in [6.45, 7) is 0.394. The number of benzene rings is 1. The number of halogens is 4. The van der Waals surface area contributed by atoms with Crippen LogP contribution in [-0.4, -0.2) is 16.1 Å². The average molecular weight is 290 g/mol. The van der Waals surface area contributed by atoms with Crippen LogP contribution < -0.4 is 5.73 Å². The smallest absolute Gasteiger partial charge is 0.330 e. The molecule has 1 heterocycles. The van der Waals surface area contributed by atoms with Gasteiger partial charge in [0.05, 0.1) is 16.9 Å². The van der Waals surface area contributed by atoms with Gasteiger partial charge in [0.25, 0.3) is 0 Å². The monoisotopic (exact) mass is 289 g/mol. The van der Waals surface area contributed by atoms with Crippen LogP contribution in [0.4, 0.5) is 13.2 Å². The average Bonchev–Trinajstić information content (AvgIpc) is 2.77. The fourth-order valence-corrected chi connectivity index (χ4v) is 1.99. The summed E-state index contributed by atoms with van der Waals surface area (Å²) in [5, 5.41) is -0.322. The summed E-state index contributed by atoms with van der Waals surface area (Å²) in [6.07, 6.45) is -0.922. The lowest BCUT2D eigenvalue weighted by molar-refractivity contribution is -0.137. The molecular weight excluding hydrogens is 279 g/mol. The number of nitrogens with two attached hydrogens (primary N) is 1. The first-order chi connectivity index (χ1) is 8.93. The number of hydrogen-bond donors (Lipinski definition) is 1. The molecular formula is C12H11ClF3N3. The number of imidazole rings is 1. The molecule has 7 heteroatoms. The molecule has 0 aliphatic carbocycles. The van der Waals surface area contributed by atoms with E-state index < -0.39 is 11.7 Å². The Morgan fingerprint density at radius 2 is 2.05 bits per heavy atom. The van der Waals surface area contributed by atoms with Gasteiger partial charge in [-0.05, 0) is 24.7 Å². The molecule has 0 saturated carbocycles. The Hall–Kier alpha value is -1.53. The zero-order valence-electron chi connectivity index (χ0n) is 9.78. The van der Waals surface area contributed by atoms with Crippen molar-refractivity contribution in [2.24, 2.45) is 5.73 Å². The van der Waals surface area contributed by atoms with E-state index in [0.29, 0.717) is 18.7 Å². The Morgan fingerprint density at radius 1 is 1.32 bits per heavy atom. The molecule has 0 spiro atoms. The quantitative estimate of drug-likeness (QED) is 0.944. The highest BCUT2D eigenvalue weighted by Gasteiger charge is 2.33. The molecule has 0 aliphatic heterocycles. The SMILES string of the molecule is NCCc1cncn1-c1ccc(Cl)c(C(F)(F)F)c1. The van der Waals surface area contributed by atoms with Crippen molar-refractivity contribution in [2.45, 2.75) is 12.6 Å². The van der Waals surface area contributed by atoms with Crippen LogP contribution in [0, 0.1) is 0 Å². The number of rotatable bonds is 3. The Labute approximate surface area is 112 Å². The van der Waals surface area contributed by atoms with Gasteiger partial charge < -0.3 is 10.3 Å². The summed E-state index contributed by atoms with van der Waals surface area (Å²) in [7, 11) is 0. The van der Waals surface area contributed by atoms with Crippen molar-refractivity contribution in [3.8, 4) is 5.69 Å². The highest BCUT2D eigenvalue weighted by molar-refractivity contribution is 6.31. The molecule has 2 N–H and O–H groups in total. The predicted molar refractivity (Wildman–Crippen MR) is 66.3 cm³/mol.